The van der Waals surface area contributed by atoms with E-state index in [9.17, 15) is 4.79 Å². The van der Waals surface area contributed by atoms with Crippen molar-refractivity contribution in [2.45, 2.75) is 25.2 Å². The Bertz CT molecular complexity index is 398. The van der Waals surface area contributed by atoms with Crippen LogP contribution in [0.3, 0.4) is 0 Å². The van der Waals surface area contributed by atoms with Crippen LogP contribution in [0.25, 0.3) is 0 Å². The molecule has 15 heavy (non-hydrogen) atoms. The third-order valence-corrected chi connectivity index (χ3v) is 3.01. The molecule has 5 nitrogen and oxygen atoms in total. The van der Waals surface area contributed by atoms with Crippen LogP contribution in [0.4, 0.5) is 0 Å². The monoisotopic (exact) mass is 209 g/mol. The van der Waals surface area contributed by atoms with Crippen LogP contribution in [0.2, 0.25) is 0 Å². The van der Waals surface area contributed by atoms with Gasteiger partial charge in [0.2, 0.25) is 0 Å². The molecule has 3 N–H and O–H groups in total. The Hall–Kier alpha value is -1.36. The molecule has 1 aliphatic carbocycles. The molecule has 0 aliphatic heterocycles. The zero-order chi connectivity index (χ0) is 11.0. The number of fused-ring (bicyclic) bond motifs is 1. The first kappa shape index (κ1) is 10.2. The van der Waals surface area contributed by atoms with Gasteiger partial charge in [-0.1, -0.05) is 0 Å². The average Bonchev–Trinajstić information content (AvgIpc) is 2.72. The number of aryl methyl sites for hydroxylation is 1. The minimum atomic E-state index is -0.884. The van der Waals surface area contributed by atoms with Gasteiger partial charge in [0, 0.05) is 19.3 Å². The van der Waals surface area contributed by atoms with Gasteiger partial charge in [-0.2, -0.15) is 5.10 Å². The highest BCUT2D eigenvalue weighted by molar-refractivity contribution is 5.76. The predicted octanol–water partition coefficient (Wildman–Crippen LogP) is 0.0357. The van der Waals surface area contributed by atoms with Gasteiger partial charge in [-0.15, -0.1) is 0 Å². The van der Waals surface area contributed by atoms with Crippen LogP contribution in [0.5, 0.6) is 0 Å². The number of rotatable bonds is 3. The summed E-state index contributed by atoms with van der Waals surface area (Å²) in [6, 6.07) is 0. The maximum Gasteiger partial charge on any atom is 0.313 e. The van der Waals surface area contributed by atoms with Crippen LogP contribution < -0.4 is 5.73 Å². The standard InChI is InChI=1S/C10H15N3O2/c1-13-8-4-2-3-6(8)9(12-13)7(5-11)10(14)15/h7H,2-5,11H2,1H3,(H,14,15). The van der Waals surface area contributed by atoms with Gasteiger partial charge < -0.3 is 10.8 Å². The number of aliphatic carboxylic acids is 1. The topological polar surface area (TPSA) is 81.1 Å². The number of hydrogen-bond acceptors (Lipinski definition) is 3. The molecule has 1 aromatic rings. The van der Waals surface area contributed by atoms with Crippen molar-refractivity contribution in [1.29, 1.82) is 0 Å². The Labute approximate surface area is 87.9 Å². The largest absolute Gasteiger partial charge is 0.481 e. The van der Waals surface area contributed by atoms with Crippen molar-refractivity contribution in [3.8, 4) is 0 Å². The Kier molecular flexibility index (Phi) is 2.48. The second-order valence-corrected chi connectivity index (χ2v) is 3.91. The summed E-state index contributed by atoms with van der Waals surface area (Å²) >= 11 is 0. The van der Waals surface area contributed by atoms with E-state index in [1.165, 1.54) is 5.69 Å². The molecule has 0 spiro atoms. The highest BCUT2D eigenvalue weighted by Crippen LogP contribution is 2.29. The van der Waals surface area contributed by atoms with Crippen molar-refractivity contribution >= 4 is 5.97 Å². The molecule has 0 bridgehead atoms. The Morgan fingerprint density at radius 1 is 1.67 bits per heavy atom. The van der Waals surface area contributed by atoms with E-state index in [1.54, 1.807) is 4.68 Å². The van der Waals surface area contributed by atoms with Crippen molar-refractivity contribution in [2.24, 2.45) is 12.8 Å². The predicted molar refractivity (Wildman–Crippen MR) is 54.7 cm³/mol. The summed E-state index contributed by atoms with van der Waals surface area (Å²) in [6.45, 7) is 0.110. The highest BCUT2D eigenvalue weighted by Gasteiger charge is 2.29. The van der Waals surface area contributed by atoms with Crippen LogP contribution in [-0.2, 0) is 24.7 Å². The second kappa shape index (κ2) is 3.66. The fourth-order valence-electron chi connectivity index (χ4n) is 2.25. The van der Waals surface area contributed by atoms with Crippen LogP contribution in [0.1, 0.15) is 29.3 Å². The van der Waals surface area contributed by atoms with Crippen molar-refractivity contribution < 1.29 is 9.90 Å². The lowest BCUT2D eigenvalue weighted by Crippen LogP contribution is -2.22. The molecule has 5 heteroatoms. The highest BCUT2D eigenvalue weighted by atomic mass is 16.4. The third-order valence-electron chi connectivity index (χ3n) is 3.01. The maximum atomic E-state index is 11.0. The average molecular weight is 209 g/mol. The van der Waals surface area contributed by atoms with E-state index in [1.807, 2.05) is 7.05 Å². The lowest BCUT2D eigenvalue weighted by Gasteiger charge is -2.07. The summed E-state index contributed by atoms with van der Waals surface area (Å²) in [5.74, 6) is -1.54. The normalized spacial score (nSPS) is 16.4. The van der Waals surface area contributed by atoms with Gasteiger partial charge in [0.05, 0.1) is 5.69 Å². The zero-order valence-electron chi connectivity index (χ0n) is 8.73. The van der Waals surface area contributed by atoms with Gasteiger partial charge in [0.25, 0.3) is 0 Å². The van der Waals surface area contributed by atoms with Gasteiger partial charge in [0.1, 0.15) is 5.92 Å². The minimum Gasteiger partial charge on any atom is -0.481 e. The fourth-order valence-corrected chi connectivity index (χ4v) is 2.25. The molecule has 1 atom stereocenters. The summed E-state index contributed by atoms with van der Waals surface area (Å²) in [4.78, 5) is 11.0. The fraction of sp³-hybridized carbons (Fsp3) is 0.600. The first-order chi connectivity index (χ1) is 7.15. The molecule has 2 rings (SSSR count). The first-order valence-electron chi connectivity index (χ1n) is 5.12. The van der Waals surface area contributed by atoms with E-state index in [4.69, 9.17) is 10.8 Å². The molecular formula is C10H15N3O2. The van der Waals surface area contributed by atoms with Gasteiger partial charge in [-0.3, -0.25) is 9.48 Å². The lowest BCUT2D eigenvalue weighted by atomic mass is 10.0. The molecule has 0 amide bonds. The maximum absolute atomic E-state index is 11.0. The Morgan fingerprint density at radius 2 is 2.40 bits per heavy atom. The molecule has 1 aromatic heterocycles. The summed E-state index contributed by atoms with van der Waals surface area (Å²) in [7, 11) is 1.86. The SMILES string of the molecule is Cn1nc(C(CN)C(=O)O)c2c1CCC2. The number of carboxylic acids is 1. The minimum absolute atomic E-state index is 0.110. The number of aromatic nitrogens is 2. The van der Waals surface area contributed by atoms with Crippen LogP contribution in [0.15, 0.2) is 0 Å². The van der Waals surface area contributed by atoms with Crippen molar-refractivity contribution in [3.63, 3.8) is 0 Å². The van der Waals surface area contributed by atoms with Crippen molar-refractivity contribution in [2.75, 3.05) is 6.54 Å². The molecular weight excluding hydrogens is 194 g/mol. The smallest absolute Gasteiger partial charge is 0.313 e. The lowest BCUT2D eigenvalue weighted by molar-refractivity contribution is -0.138. The summed E-state index contributed by atoms with van der Waals surface area (Å²) in [6.07, 6.45) is 3.02. The van der Waals surface area contributed by atoms with Crippen LogP contribution in [0, 0.1) is 0 Å². The molecule has 1 heterocycles. The second-order valence-electron chi connectivity index (χ2n) is 3.91. The van der Waals surface area contributed by atoms with Gasteiger partial charge in [-0.25, -0.2) is 0 Å². The summed E-state index contributed by atoms with van der Waals surface area (Å²) in [5.41, 5.74) is 8.42. The van der Waals surface area contributed by atoms with Crippen molar-refractivity contribution in [3.05, 3.63) is 17.0 Å². The number of carboxylic acid groups (broad SMARTS) is 1. The molecule has 0 saturated heterocycles. The molecule has 0 saturated carbocycles. The van der Waals surface area contributed by atoms with E-state index in [2.05, 4.69) is 5.10 Å². The molecule has 0 aromatic carbocycles. The van der Waals surface area contributed by atoms with E-state index >= 15 is 0 Å². The van der Waals surface area contributed by atoms with E-state index in [0.717, 1.165) is 24.8 Å². The van der Waals surface area contributed by atoms with E-state index < -0.39 is 11.9 Å². The number of nitrogens with two attached hydrogens (primary N) is 1. The third kappa shape index (κ3) is 1.52. The van der Waals surface area contributed by atoms with E-state index in [-0.39, 0.29) is 6.54 Å². The van der Waals surface area contributed by atoms with Gasteiger partial charge >= 0.3 is 5.97 Å². The van der Waals surface area contributed by atoms with Gasteiger partial charge in [-0.05, 0) is 24.8 Å². The molecule has 0 fully saturated rings. The summed E-state index contributed by atoms with van der Waals surface area (Å²) < 4.78 is 1.79. The molecule has 1 unspecified atom stereocenters. The Morgan fingerprint density at radius 3 is 3.00 bits per heavy atom. The molecule has 1 aliphatic rings. The first-order valence-corrected chi connectivity index (χ1v) is 5.12. The van der Waals surface area contributed by atoms with Gasteiger partial charge in [0.15, 0.2) is 0 Å². The van der Waals surface area contributed by atoms with Crippen LogP contribution in [-0.4, -0.2) is 27.4 Å². The molecule has 0 radical (unpaired) electrons. The quantitative estimate of drug-likeness (QED) is 0.736. The van der Waals surface area contributed by atoms with Crippen LogP contribution >= 0.6 is 0 Å². The number of nitrogens with zero attached hydrogens (tertiary/aromatic N) is 2. The molecule has 82 valence electrons. The number of hydrogen-bond donors (Lipinski definition) is 2. The summed E-state index contributed by atoms with van der Waals surface area (Å²) in [5, 5.41) is 13.3. The van der Waals surface area contributed by atoms with Crippen molar-refractivity contribution in [1.82, 2.24) is 9.78 Å². The zero-order valence-corrected chi connectivity index (χ0v) is 8.73. The van der Waals surface area contributed by atoms with E-state index in [0.29, 0.717) is 5.69 Å². The Balaban J connectivity index is 2.44. The number of carbonyl (C=O) groups is 1.